The summed E-state index contributed by atoms with van der Waals surface area (Å²) in [5.41, 5.74) is 2.68. The van der Waals surface area contributed by atoms with Crippen LogP contribution in [-0.2, 0) is 11.2 Å². The molecule has 0 radical (unpaired) electrons. The first kappa shape index (κ1) is 17.8. The van der Waals surface area contributed by atoms with Gasteiger partial charge in [0.2, 0.25) is 5.91 Å². The Labute approximate surface area is 142 Å². The predicted octanol–water partition coefficient (Wildman–Crippen LogP) is 2.42. The van der Waals surface area contributed by atoms with Crippen LogP contribution >= 0.6 is 11.3 Å². The molecule has 0 spiro atoms. The van der Waals surface area contributed by atoms with Crippen molar-refractivity contribution >= 4 is 23.3 Å². The lowest BCUT2D eigenvalue weighted by atomic mass is 9.96. The van der Waals surface area contributed by atoms with Crippen molar-refractivity contribution in [3.63, 3.8) is 0 Å². The van der Waals surface area contributed by atoms with Crippen molar-refractivity contribution in [1.82, 2.24) is 15.1 Å². The van der Waals surface area contributed by atoms with E-state index in [-0.39, 0.29) is 17.9 Å². The molecule has 1 aromatic rings. The van der Waals surface area contributed by atoms with Crippen molar-refractivity contribution in [3.8, 4) is 0 Å². The lowest BCUT2D eigenvalue weighted by molar-refractivity contribution is -0.126. The summed E-state index contributed by atoms with van der Waals surface area (Å²) in [5.74, 6) is 0.165. The van der Waals surface area contributed by atoms with E-state index in [0.717, 1.165) is 19.3 Å². The fraction of sp³-hybridized carbons (Fsp3) is 0.647. The van der Waals surface area contributed by atoms with Gasteiger partial charge in [-0.05, 0) is 49.6 Å². The first-order valence-corrected chi connectivity index (χ1v) is 9.05. The van der Waals surface area contributed by atoms with Crippen LogP contribution in [0.1, 0.15) is 28.8 Å². The van der Waals surface area contributed by atoms with Crippen LogP contribution < -0.4 is 5.32 Å². The van der Waals surface area contributed by atoms with Gasteiger partial charge in [-0.3, -0.25) is 4.79 Å². The molecule has 1 aliphatic heterocycles. The summed E-state index contributed by atoms with van der Waals surface area (Å²) in [7, 11) is 3.52. The Kier molecular flexibility index (Phi) is 6.04. The fourth-order valence-electron chi connectivity index (χ4n) is 2.89. The Morgan fingerprint density at radius 1 is 1.30 bits per heavy atom. The summed E-state index contributed by atoms with van der Waals surface area (Å²) in [6.07, 6.45) is 2.39. The van der Waals surface area contributed by atoms with Crippen LogP contribution in [0.2, 0.25) is 0 Å². The number of nitrogens with zero attached hydrogens (tertiary/aromatic N) is 2. The number of thiophene rings is 1. The quantitative estimate of drug-likeness (QED) is 0.917. The van der Waals surface area contributed by atoms with Gasteiger partial charge in [0.1, 0.15) is 0 Å². The van der Waals surface area contributed by atoms with E-state index in [1.54, 1.807) is 30.3 Å². The predicted molar refractivity (Wildman–Crippen MR) is 93.9 cm³/mol. The summed E-state index contributed by atoms with van der Waals surface area (Å²) in [6.45, 7) is 6.29. The average molecular weight is 337 g/mol. The van der Waals surface area contributed by atoms with E-state index in [0.29, 0.717) is 19.6 Å². The number of nitrogens with one attached hydrogen (secondary N) is 1. The molecule has 0 atom stereocenters. The first-order valence-electron chi connectivity index (χ1n) is 8.17. The molecular formula is C17H27N3O2S. The molecule has 5 nitrogen and oxygen atoms in total. The summed E-state index contributed by atoms with van der Waals surface area (Å²) < 4.78 is 0. The third-order valence-electron chi connectivity index (χ3n) is 4.60. The van der Waals surface area contributed by atoms with Gasteiger partial charge in [-0.15, -0.1) is 11.3 Å². The topological polar surface area (TPSA) is 52.7 Å². The number of hydrogen-bond acceptors (Lipinski definition) is 3. The molecule has 1 fully saturated rings. The van der Waals surface area contributed by atoms with Crippen LogP contribution in [0, 0.1) is 19.8 Å². The summed E-state index contributed by atoms with van der Waals surface area (Å²) in [6, 6.07) is 0.0344. The maximum absolute atomic E-state index is 12.3. The third kappa shape index (κ3) is 4.47. The molecule has 23 heavy (non-hydrogen) atoms. The molecule has 1 aromatic heterocycles. The van der Waals surface area contributed by atoms with Crippen molar-refractivity contribution in [3.05, 3.63) is 21.4 Å². The second-order valence-corrected chi connectivity index (χ2v) is 7.51. The Hall–Kier alpha value is -1.56. The molecule has 1 aliphatic rings. The van der Waals surface area contributed by atoms with E-state index >= 15 is 0 Å². The minimum atomic E-state index is 0.0338. The highest BCUT2D eigenvalue weighted by atomic mass is 32.1. The number of rotatable bonds is 4. The van der Waals surface area contributed by atoms with Gasteiger partial charge in [-0.2, -0.15) is 0 Å². The van der Waals surface area contributed by atoms with E-state index < -0.39 is 0 Å². The van der Waals surface area contributed by atoms with Crippen LogP contribution in [0.5, 0.6) is 0 Å². The highest BCUT2D eigenvalue weighted by molar-refractivity contribution is 7.10. The van der Waals surface area contributed by atoms with E-state index in [1.165, 1.54) is 16.0 Å². The normalized spacial score (nSPS) is 15.6. The van der Waals surface area contributed by atoms with E-state index in [9.17, 15) is 9.59 Å². The number of aryl methyl sites for hydroxylation is 1. The van der Waals surface area contributed by atoms with Crippen molar-refractivity contribution in [2.24, 2.45) is 5.92 Å². The third-order valence-corrected chi connectivity index (χ3v) is 5.66. The highest BCUT2D eigenvalue weighted by Gasteiger charge is 2.27. The molecular weight excluding hydrogens is 310 g/mol. The van der Waals surface area contributed by atoms with E-state index in [4.69, 9.17) is 0 Å². The van der Waals surface area contributed by atoms with Crippen LogP contribution in [0.3, 0.4) is 0 Å². The second-order valence-electron chi connectivity index (χ2n) is 6.42. The molecule has 1 N–H and O–H groups in total. The molecule has 2 rings (SSSR count). The van der Waals surface area contributed by atoms with Gasteiger partial charge in [-0.1, -0.05) is 0 Å². The van der Waals surface area contributed by atoms with Gasteiger partial charge >= 0.3 is 6.03 Å². The minimum absolute atomic E-state index is 0.0338. The maximum atomic E-state index is 12.3. The lowest BCUT2D eigenvalue weighted by Gasteiger charge is -2.33. The Balaban J connectivity index is 1.73. The molecule has 0 bridgehead atoms. The van der Waals surface area contributed by atoms with Crippen LogP contribution in [-0.4, -0.2) is 55.5 Å². The minimum Gasteiger partial charge on any atom is -0.356 e. The molecule has 1 saturated heterocycles. The molecule has 0 unspecified atom stereocenters. The second kappa shape index (κ2) is 7.81. The Bertz CT molecular complexity index is 560. The molecule has 2 heterocycles. The fourth-order valence-corrected chi connectivity index (χ4v) is 3.81. The summed E-state index contributed by atoms with van der Waals surface area (Å²) in [5, 5.41) is 5.24. The van der Waals surface area contributed by atoms with Gasteiger partial charge in [0, 0.05) is 44.5 Å². The monoisotopic (exact) mass is 337 g/mol. The van der Waals surface area contributed by atoms with Gasteiger partial charge in [0.05, 0.1) is 0 Å². The number of hydrogen-bond donors (Lipinski definition) is 1. The number of amides is 3. The van der Waals surface area contributed by atoms with Gasteiger partial charge in [0.25, 0.3) is 0 Å². The molecule has 0 aromatic carbocycles. The van der Waals surface area contributed by atoms with Crippen LogP contribution in [0.15, 0.2) is 5.38 Å². The number of piperidine rings is 1. The van der Waals surface area contributed by atoms with Crippen molar-refractivity contribution < 1.29 is 9.59 Å². The summed E-state index contributed by atoms with van der Waals surface area (Å²) in [4.78, 5) is 28.9. The van der Waals surface area contributed by atoms with Crippen molar-refractivity contribution in [2.75, 3.05) is 33.7 Å². The molecule has 3 amide bonds. The molecule has 6 heteroatoms. The van der Waals surface area contributed by atoms with Crippen molar-refractivity contribution in [2.45, 2.75) is 33.1 Å². The van der Waals surface area contributed by atoms with Gasteiger partial charge in [0.15, 0.2) is 0 Å². The highest BCUT2D eigenvalue weighted by Crippen LogP contribution is 2.21. The largest absolute Gasteiger partial charge is 0.356 e. The number of urea groups is 1. The zero-order valence-electron chi connectivity index (χ0n) is 14.5. The first-order chi connectivity index (χ1) is 10.9. The standard InChI is InChI=1S/C17H27N3O2S/c1-12-13(2)23-11-15(12)5-8-18-16(21)14-6-9-20(10-7-14)17(22)19(3)4/h11,14H,5-10H2,1-4H3,(H,18,21). The number of carbonyl (C=O) groups is 2. The lowest BCUT2D eigenvalue weighted by Crippen LogP contribution is -2.46. The zero-order chi connectivity index (χ0) is 17.0. The molecule has 128 valence electrons. The zero-order valence-corrected chi connectivity index (χ0v) is 15.3. The number of likely N-dealkylation sites (tertiary alicyclic amines) is 1. The smallest absolute Gasteiger partial charge is 0.319 e. The van der Waals surface area contributed by atoms with E-state index in [1.807, 2.05) is 4.90 Å². The summed E-state index contributed by atoms with van der Waals surface area (Å²) >= 11 is 1.77. The number of carbonyl (C=O) groups excluding carboxylic acids is 2. The van der Waals surface area contributed by atoms with Crippen LogP contribution in [0.4, 0.5) is 4.79 Å². The molecule has 0 aliphatic carbocycles. The average Bonchev–Trinajstić information content (AvgIpc) is 2.86. The van der Waals surface area contributed by atoms with Crippen molar-refractivity contribution in [1.29, 1.82) is 0 Å². The van der Waals surface area contributed by atoms with Gasteiger partial charge in [-0.25, -0.2) is 4.79 Å². The van der Waals surface area contributed by atoms with Gasteiger partial charge < -0.3 is 15.1 Å². The van der Waals surface area contributed by atoms with Crippen LogP contribution in [0.25, 0.3) is 0 Å². The Morgan fingerprint density at radius 3 is 2.48 bits per heavy atom. The molecule has 0 saturated carbocycles. The Morgan fingerprint density at radius 2 is 1.96 bits per heavy atom. The maximum Gasteiger partial charge on any atom is 0.319 e. The SMILES string of the molecule is Cc1scc(CCNC(=O)C2CCN(C(=O)N(C)C)CC2)c1C. The van der Waals surface area contributed by atoms with E-state index in [2.05, 4.69) is 24.5 Å².